The molecular weight excluding hydrogens is 330 g/mol. The number of thioether (sulfide) groups is 1. The summed E-state index contributed by atoms with van der Waals surface area (Å²) in [6, 6.07) is 4.14. The first-order valence-electron chi connectivity index (χ1n) is 6.70. The second-order valence-electron chi connectivity index (χ2n) is 5.00. The van der Waals surface area contributed by atoms with E-state index in [0.29, 0.717) is 0 Å². The zero-order valence-electron chi connectivity index (χ0n) is 11.5. The summed E-state index contributed by atoms with van der Waals surface area (Å²) in [5.74, 6) is -0.607. The van der Waals surface area contributed by atoms with Gasteiger partial charge in [0.25, 0.3) is 0 Å². The Morgan fingerprint density at radius 3 is 2.21 bits per heavy atom. The van der Waals surface area contributed by atoms with Crippen molar-refractivity contribution in [1.82, 2.24) is 0 Å². The van der Waals surface area contributed by atoms with Gasteiger partial charge in [0.05, 0.1) is 0 Å². The lowest BCUT2D eigenvalue weighted by Gasteiger charge is -2.31. The maximum Gasteiger partial charge on any atom is 0.159 e. The number of rotatable bonds is 8. The van der Waals surface area contributed by atoms with E-state index in [1.54, 1.807) is 17.8 Å². The lowest BCUT2D eigenvalue weighted by Crippen LogP contribution is -2.25. The standard InChI is InChI=1S/C15H21BrF2S/c1-3-7-15(10-16,8-4-2)11-19-12-5-6-13(17)14(18)9-12/h5-6,9H,3-4,7-8,10-11H2,1-2H3. The number of hydrogen-bond acceptors (Lipinski definition) is 1. The molecule has 0 bridgehead atoms. The van der Waals surface area contributed by atoms with Crippen LogP contribution in [0.25, 0.3) is 0 Å². The second kappa shape index (κ2) is 8.25. The molecule has 0 aliphatic heterocycles. The minimum Gasteiger partial charge on any atom is -0.204 e. The average Bonchev–Trinajstić information content (AvgIpc) is 2.40. The summed E-state index contributed by atoms with van der Waals surface area (Å²) in [6.07, 6.45) is 4.60. The SMILES string of the molecule is CCCC(CBr)(CCC)CSc1ccc(F)c(F)c1. The molecule has 0 nitrogen and oxygen atoms in total. The summed E-state index contributed by atoms with van der Waals surface area (Å²) < 4.78 is 26.1. The van der Waals surface area contributed by atoms with Crippen molar-refractivity contribution in [2.24, 2.45) is 5.41 Å². The van der Waals surface area contributed by atoms with Gasteiger partial charge in [0.15, 0.2) is 11.6 Å². The quantitative estimate of drug-likeness (QED) is 0.406. The summed E-state index contributed by atoms with van der Waals surface area (Å²) in [5.41, 5.74) is 0.249. The molecule has 1 aromatic rings. The van der Waals surface area contributed by atoms with Crippen LogP contribution < -0.4 is 0 Å². The number of alkyl halides is 1. The van der Waals surface area contributed by atoms with Crippen molar-refractivity contribution in [3.05, 3.63) is 29.8 Å². The second-order valence-corrected chi connectivity index (χ2v) is 6.61. The number of halogens is 3. The highest BCUT2D eigenvalue weighted by Crippen LogP contribution is 2.38. The summed E-state index contributed by atoms with van der Waals surface area (Å²) >= 11 is 5.25. The molecule has 0 saturated carbocycles. The van der Waals surface area contributed by atoms with Crippen LogP contribution in [0, 0.1) is 17.0 Å². The van der Waals surface area contributed by atoms with Crippen LogP contribution in [0.2, 0.25) is 0 Å². The maximum atomic E-state index is 13.2. The van der Waals surface area contributed by atoms with Crippen molar-refractivity contribution in [1.29, 1.82) is 0 Å². The van der Waals surface area contributed by atoms with Gasteiger partial charge in [-0.2, -0.15) is 0 Å². The number of hydrogen-bond donors (Lipinski definition) is 0. The molecule has 1 aromatic carbocycles. The fourth-order valence-electron chi connectivity index (χ4n) is 2.31. The van der Waals surface area contributed by atoms with Crippen LogP contribution in [0.15, 0.2) is 23.1 Å². The fraction of sp³-hybridized carbons (Fsp3) is 0.600. The maximum absolute atomic E-state index is 13.2. The molecule has 4 heteroatoms. The average molecular weight is 351 g/mol. The van der Waals surface area contributed by atoms with Crippen molar-refractivity contribution in [3.63, 3.8) is 0 Å². The molecule has 0 aliphatic rings. The first-order chi connectivity index (χ1) is 9.06. The zero-order valence-corrected chi connectivity index (χ0v) is 13.9. The molecule has 0 aromatic heterocycles. The van der Waals surface area contributed by atoms with Crippen LogP contribution in [0.5, 0.6) is 0 Å². The highest BCUT2D eigenvalue weighted by Gasteiger charge is 2.27. The van der Waals surface area contributed by atoms with Crippen molar-refractivity contribution in [2.75, 3.05) is 11.1 Å². The molecular formula is C15H21BrF2S. The van der Waals surface area contributed by atoms with E-state index in [0.717, 1.165) is 41.7 Å². The van der Waals surface area contributed by atoms with E-state index in [4.69, 9.17) is 0 Å². The summed E-state index contributed by atoms with van der Waals surface area (Å²) in [7, 11) is 0. The van der Waals surface area contributed by atoms with E-state index in [2.05, 4.69) is 29.8 Å². The zero-order chi connectivity index (χ0) is 14.3. The van der Waals surface area contributed by atoms with Gasteiger partial charge in [-0.1, -0.05) is 42.6 Å². The lowest BCUT2D eigenvalue weighted by molar-refractivity contribution is 0.320. The Morgan fingerprint density at radius 1 is 1.11 bits per heavy atom. The predicted octanol–water partition coefficient (Wildman–Crippen LogP) is 6.04. The van der Waals surface area contributed by atoms with E-state index in [-0.39, 0.29) is 5.41 Å². The molecule has 0 fully saturated rings. The molecule has 19 heavy (non-hydrogen) atoms. The van der Waals surface area contributed by atoms with Crippen LogP contribution in [0.3, 0.4) is 0 Å². The van der Waals surface area contributed by atoms with Gasteiger partial charge >= 0.3 is 0 Å². The Morgan fingerprint density at radius 2 is 1.74 bits per heavy atom. The number of benzene rings is 1. The van der Waals surface area contributed by atoms with E-state index in [1.165, 1.54) is 12.1 Å². The molecule has 0 atom stereocenters. The Balaban J connectivity index is 2.71. The molecule has 0 unspecified atom stereocenters. The summed E-state index contributed by atoms with van der Waals surface area (Å²) in [5, 5.41) is 0.957. The van der Waals surface area contributed by atoms with Gasteiger partial charge in [0, 0.05) is 16.0 Å². The molecule has 0 radical (unpaired) electrons. The van der Waals surface area contributed by atoms with E-state index in [9.17, 15) is 8.78 Å². The van der Waals surface area contributed by atoms with Crippen LogP contribution in [-0.2, 0) is 0 Å². The van der Waals surface area contributed by atoms with Gasteiger partial charge in [-0.15, -0.1) is 11.8 Å². The molecule has 0 spiro atoms. The smallest absolute Gasteiger partial charge is 0.159 e. The molecule has 108 valence electrons. The minimum atomic E-state index is -0.779. The molecule has 0 heterocycles. The van der Waals surface area contributed by atoms with Gasteiger partial charge in [-0.05, 0) is 36.5 Å². The van der Waals surface area contributed by atoms with Crippen molar-refractivity contribution >= 4 is 27.7 Å². The van der Waals surface area contributed by atoms with E-state index >= 15 is 0 Å². The third-order valence-electron chi connectivity index (χ3n) is 3.28. The Hall–Kier alpha value is -0.0900. The predicted molar refractivity (Wildman–Crippen MR) is 83.1 cm³/mol. The van der Waals surface area contributed by atoms with Crippen molar-refractivity contribution in [2.45, 2.75) is 44.4 Å². The first kappa shape index (κ1) is 17.0. The van der Waals surface area contributed by atoms with Crippen LogP contribution in [-0.4, -0.2) is 11.1 Å². The highest BCUT2D eigenvalue weighted by molar-refractivity contribution is 9.09. The van der Waals surface area contributed by atoms with Gasteiger partial charge < -0.3 is 0 Å². The van der Waals surface area contributed by atoms with Crippen LogP contribution >= 0.6 is 27.7 Å². The fourth-order valence-corrected chi connectivity index (χ4v) is 4.54. The Bertz CT molecular complexity index is 390. The van der Waals surface area contributed by atoms with Gasteiger partial charge in [0.2, 0.25) is 0 Å². The van der Waals surface area contributed by atoms with Crippen molar-refractivity contribution < 1.29 is 8.78 Å². The van der Waals surface area contributed by atoms with Gasteiger partial charge in [0.1, 0.15) is 0 Å². The molecule has 0 amide bonds. The monoisotopic (exact) mass is 350 g/mol. The Labute approximate surface area is 127 Å². The molecule has 0 saturated heterocycles. The first-order valence-corrected chi connectivity index (χ1v) is 8.81. The molecule has 0 aliphatic carbocycles. The Kier molecular flexibility index (Phi) is 7.37. The van der Waals surface area contributed by atoms with Crippen molar-refractivity contribution in [3.8, 4) is 0 Å². The van der Waals surface area contributed by atoms with Crippen LogP contribution in [0.4, 0.5) is 8.78 Å². The lowest BCUT2D eigenvalue weighted by atomic mass is 9.83. The molecule has 0 N–H and O–H groups in total. The molecule has 1 rings (SSSR count). The highest BCUT2D eigenvalue weighted by atomic mass is 79.9. The topological polar surface area (TPSA) is 0 Å². The third kappa shape index (κ3) is 5.07. The largest absolute Gasteiger partial charge is 0.204 e. The summed E-state index contributed by atoms with van der Waals surface area (Å²) in [4.78, 5) is 0.802. The third-order valence-corrected chi connectivity index (χ3v) is 5.81. The van der Waals surface area contributed by atoms with E-state index < -0.39 is 11.6 Å². The normalized spacial score (nSPS) is 11.8. The van der Waals surface area contributed by atoms with Gasteiger partial charge in [-0.25, -0.2) is 8.78 Å². The van der Waals surface area contributed by atoms with Gasteiger partial charge in [-0.3, -0.25) is 0 Å². The van der Waals surface area contributed by atoms with Crippen LogP contribution in [0.1, 0.15) is 39.5 Å². The van der Waals surface area contributed by atoms with E-state index in [1.807, 2.05) is 0 Å². The minimum absolute atomic E-state index is 0.249. The summed E-state index contributed by atoms with van der Waals surface area (Å²) in [6.45, 7) is 4.38.